The molecule has 0 aromatic carbocycles. The summed E-state index contributed by atoms with van der Waals surface area (Å²) in [6.07, 6.45) is 2.31. The molecule has 1 nitrogen and oxygen atoms in total. The first-order valence-corrected chi connectivity index (χ1v) is 4.04. The highest BCUT2D eigenvalue weighted by Gasteiger charge is 1.98. The van der Waals surface area contributed by atoms with Crippen LogP contribution < -0.4 is 5.32 Å². The Balaban J connectivity index is 3.25. The SMILES string of the molecule is C=C(C)CC(C)NCCC. The summed E-state index contributed by atoms with van der Waals surface area (Å²) in [7, 11) is 0. The highest BCUT2D eigenvalue weighted by atomic mass is 14.9. The van der Waals surface area contributed by atoms with E-state index in [1.165, 1.54) is 12.0 Å². The van der Waals surface area contributed by atoms with E-state index in [4.69, 9.17) is 0 Å². The zero-order valence-electron chi connectivity index (χ0n) is 7.41. The second-order valence-electron chi connectivity index (χ2n) is 3.02. The van der Waals surface area contributed by atoms with Crippen LogP contribution in [0.3, 0.4) is 0 Å². The minimum absolute atomic E-state index is 0.595. The van der Waals surface area contributed by atoms with Crippen LogP contribution in [-0.4, -0.2) is 12.6 Å². The molecule has 0 amide bonds. The van der Waals surface area contributed by atoms with Gasteiger partial charge < -0.3 is 5.32 Å². The van der Waals surface area contributed by atoms with E-state index in [2.05, 4.69) is 32.7 Å². The van der Waals surface area contributed by atoms with E-state index in [9.17, 15) is 0 Å². The summed E-state index contributed by atoms with van der Waals surface area (Å²) in [5, 5.41) is 3.40. The second-order valence-corrected chi connectivity index (χ2v) is 3.02. The Bertz CT molecular complexity index is 96.9. The normalized spacial score (nSPS) is 13.1. The summed E-state index contributed by atoms with van der Waals surface area (Å²) >= 11 is 0. The lowest BCUT2D eigenvalue weighted by Crippen LogP contribution is -2.26. The molecule has 0 aliphatic heterocycles. The molecule has 1 N–H and O–H groups in total. The lowest BCUT2D eigenvalue weighted by atomic mass is 10.1. The van der Waals surface area contributed by atoms with Crippen LogP contribution in [0.1, 0.15) is 33.6 Å². The fourth-order valence-electron chi connectivity index (χ4n) is 0.986. The molecule has 1 unspecified atom stereocenters. The topological polar surface area (TPSA) is 12.0 Å². The minimum Gasteiger partial charge on any atom is -0.314 e. The van der Waals surface area contributed by atoms with Crippen LogP contribution in [0, 0.1) is 0 Å². The van der Waals surface area contributed by atoms with Crippen molar-refractivity contribution >= 4 is 0 Å². The van der Waals surface area contributed by atoms with Crippen LogP contribution in [-0.2, 0) is 0 Å². The molecule has 0 fully saturated rings. The molecule has 1 heteroatoms. The lowest BCUT2D eigenvalue weighted by molar-refractivity contribution is 0.542. The van der Waals surface area contributed by atoms with Gasteiger partial charge in [0.15, 0.2) is 0 Å². The first kappa shape index (κ1) is 9.70. The Morgan fingerprint density at radius 1 is 1.60 bits per heavy atom. The van der Waals surface area contributed by atoms with E-state index in [-0.39, 0.29) is 0 Å². The van der Waals surface area contributed by atoms with Gasteiger partial charge in [0.25, 0.3) is 0 Å². The molecule has 0 heterocycles. The number of hydrogen-bond donors (Lipinski definition) is 1. The first-order valence-electron chi connectivity index (χ1n) is 4.04. The van der Waals surface area contributed by atoms with Gasteiger partial charge in [-0.05, 0) is 33.2 Å². The third-order valence-electron chi connectivity index (χ3n) is 1.40. The van der Waals surface area contributed by atoms with Crippen molar-refractivity contribution in [2.45, 2.75) is 39.7 Å². The molecule has 0 spiro atoms. The fourth-order valence-corrected chi connectivity index (χ4v) is 0.986. The van der Waals surface area contributed by atoms with Crippen molar-refractivity contribution in [3.8, 4) is 0 Å². The Hall–Kier alpha value is -0.300. The molecule has 60 valence electrons. The summed E-state index contributed by atoms with van der Waals surface area (Å²) in [4.78, 5) is 0. The molecule has 1 atom stereocenters. The third kappa shape index (κ3) is 5.83. The van der Waals surface area contributed by atoms with Crippen molar-refractivity contribution in [1.29, 1.82) is 0 Å². The molecule has 0 saturated carbocycles. The zero-order valence-corrected chi connectivity index (χ0v) is 7.41. The summed E-state index contributed by atoms with van der Waals surface area (Å²) in [5.41, 5.74) is 1.26. The van der Waals surface area contributed by atoms with E-state index in [0.29, 0.717) is 6.04 Å². The average Bonchev–Trinajstić information content (AvgIpc) is 1.82. The molecule has 0 aromatic rings. The third-order valence-corrected chi connectivity index (χ3v) is 1.40. The molecule has 0 rings (SSSR count). The zero-order chi connectivity index (χ0) is 7.98. The average molecular weight is 141 g/mol. The van der Waals surface area contributed by atoms with E-state index < -0.39 is 0 Å². The van der Waals surface area contributed by atoms with E-state index in [1.807, 2.05) is 0 Å². The van der Waals surface area contributed by atoms with E-state index in [0.717, 1.165) is 13.0 Å². The van der Waals surface area contributed by atoms with Gasteiger partial charge in [-0.2, -0.15) is 0 Å². The van der Waals surface area contributed by atoms with Crippen molar-refractivity contribution in [3.05, 3.63) is 12.2 Å². The van der Waals surface area contributed by atoms with Crippen LogP contribution in [0.4, 0.5) is 0 Å². The van der Waals surface area contributed by atoms with Gasteiger partial charge in [0.05, 0.1) is 0 Å². The molecular formula is C9H19N. The van der Waals surface area contributed by atoms with Crippen LogP contribution in [0.5, 0.6) is 0 Å². The van der Waals surface area contributed by atoms with Gasteiger partial charge in [-0.25, -0.2) is 0 Å². The highest BCUT2D eigenvalue weighted by molar-refractivity contribution is 4.91. The maximum Gasteiger partial charge on any atom is 0.00756 e. The van der Waals surface area contributed by atoms with Gasteiger partial charge in [-0.1, -0.05) is 12.5 Å². The Kier molecular flexibility index (Phi) is 5.32. The minimum atomic E-state index is 0.595. The molecule has 0 saturated heterocycles. The van der Waals surface area contributed by atoms with Crippen molar-refractivity contribution < 1.29 is 0 Å². The van der Waals surface area contributed by atoms with Gasteiger partial charge in [0.1, 0.15) is 0 Å². The lowest BCUT2D eigenvalue weighted by Gasteiger charge is -2.11. The summed E-state index contributed by atoms with van der Waals surface area (Å²) in [6, 6.07) is 0.595. The second kappa shape index (κ2) is 5.48. The predicted molar refractivity (Wildman–Crippen MR) is 47.2 cm³/mol. The van der Waals surface area contributed by atoms with Crippen molar-refractivity contribution in [2.75, 3.05) is 6.54 Å². The molecule has 0 radical (unpaired) electrons. The summed E-state index contributed by atoms with van der Waals surface area (Å²) in [6.45, 7) is 11.4. The molecule has 0 bridgehead atoms. The summed E-state index contributed by atoms with van der Waals surface area (Å²) < 4.78 is 0. The molecule has 10 heavy (non-hydrogen) atoms. The van der Waals surface area contributed by atoms with Gasteiger partial charge in [0, 0.05) is 6.04 Å². The molecule has 0 aliphatic rings. The number of rotatable bonds is 5. The first-order chi connectivity index (χ1) is 4.66. The van der Waals surface area contributed by atoms with Gasteiger partial charge in [-0.15, -0.1) is 6.58 Å². The van der Waals surface area contributed by atoms with Crippen molar-refractivity contribution in [2.24, 2.45) is 0 Å². The van der Waals surface area contributed by atoms with Crippen LogP contribution in [0.25, 0.3) is 0 Å². The van der Waals surface area contributed by atoms with E-state index >= 15 is 0 Å². The Labute approximate surface area is 64.5 Å². The van der Waals surface area contributed by atoms with Crippen LogP contribution in [0.2, 0.25) is 0 Å². The van der Waals surface area contributed by atoms with Gasteiger partial charge in [0.2, 0.25) is 0 Å². The number of hydrogen-bond acceptors (Lipinski definition) is 1. The quantitative estimate of drug-likeness (QED) is 0.579. The van der Waals surface area contributed by atoms with E-state index in [1.54, 1.807) is 0 Å². The molecule has 0 aliphatic carbocycles. The fraction of sp³-hybridized carbons (Fsp3) is 0.778. The van der Waals surface area contributed by atoms with Crippen LogP contribution in [0.15, 0.2) is 12.2 Å². The highest BCUT2D eigenvalue weighted by Crippen LogP contribution is 1.99. The largest absolute Gasteiger partial charge is 0.314 e. The van der Waals surface area contributed by atoms with Gasteiger partial charge in [-0.3, -0.25) is 0 Å². The van der Waals surface area contributed by atoms with Crippen molar-refractivity contribution in [1.82, 2.24) is 5.32 Å². The predicted octanol–water partition coefficient (Wildman–Crippen LogP) is 2.34. The summed E-state index contributed by atoms with van der Waals surface area (Å²) in [5.74, 6) is 0. The van der Waals surface area contributed by atoms with Crippen LogP contribution >= 0.6 is 0 Å². The van der Waals surface area contributed by atoms with Gasteiger partial charge >= 0.3 is 0 Å². The molecular weight excluding hydrogens is 122 g/mol. The maximum atomic E-state index is 3.86. The van der Waals surface area contributed by atoms with Crippen molar-refractivity contribution in [3.63, 3.8) is 0 Å². The Morgan fingerprint density at radius 2 is 2.20 bits per heavy atom. The Morgan fingerprint density at radius 3 is 2.60 bits per heavy atom. The maximum absolute atomic E-state index is 3.86. The monoisotopic (exact) mass is 141 g/mol. The number of nitrogens with one attached hydrogen (secondary N) is 1. The smallest absolute Gasteiger partial charge is 0.00756 e. The standard InChI is InChI=1S/C9H19N/c1-5-6-10-9(4)7-8(2)3/h9-10H,2,5-7H2,1,3-4H3. The molecule has 0 aromatic heterocycles.